The zero-order chi connectivity index (χ0) is 16.0. The summed E-state index contributed by atoms with van der Waals surface area (Å²) in [6.45, 7) is 7.24. The highest BCUT2D eigenvalue weighted by atomic mass is 32.1. The highest BCUT2D eigenvalue weighted by Gasteiger charge is 2.19. The van der Waals surface area contributed by atoms with Gasteiger partial charge < -0.3 is 9.47 Å². The number of nitrogens with one attached hydrogen (secondary N) is 1. The van der Waals surface area contributed by atoms with Crippen LogP contribution in [0.5, 0.6) is 0 Å². The van der Waals surface area contributed by atoms with Crippen LogP contribution in [0.3, 0.4) is 0 Å². The molecule has 1 N–H and O–H groups in total. The van der Waals surface area contributed by atoms with Crippen LogP contribution >= 0.6 is 11.3 Å². The first kappa shape index (κ1) is 17.2. The van der Waals surface area contributed by atoms with E-state index in [9.17, 15) is 9.59 Å². The molecule has 0 aliphatic rings. The van der Waals surface area contributed by atoms with Gasteiger partial charge in [0, 0.05) is 5.38 Å². The molecule has 1 amide bonds. The van der Waals surface area contributed by atoms with E-state index in [1.165, 1.54) is 18.4 Å². The van der Waals surface area contributed by atoms with Crippen LogP contribution in [-0.4, -0.2) is 29.8 Å². The molecule has 0 saturated carbocycles. The van der Waals surface area contributed by atoms with Crippen molar-refractivity contribution in [3.05, 3.63) is 17.2 Å². The van der Waals surface area contributed by atoms with Gasteiger partial charge in [-0.05, 0) is 27.2 Å². The number of methoxy groups -OCH3 is 1. The first-order valence-corrected chi connectivity index (χ1v) is 7.39. The molecule has 0 spiro atoms. The molecule has 0 aliphatic carbocycles. The average Bonchev–Trinajstić information content (AvgIpc) is 2.80. The van der Waals surface area contributed by atoms with E-state index in [1.54, 1.807) is 32.2 Å². The Labute approximate surface area is 128 Å². The maximum atomic E-state index is 11.7. The Morgan fingerprint density at radius 3 is 2.62 bits per heavy atom. The van der Waals surface area contributed by atoms with Gasteiger partial charge in [-0.3, -0.25) is 5.32 Å². The molecule has 0 aromatic carbocycles. The van der Waals surface area contributed by atoms with Gasteiger partial charge in [-0.15, -0.1) is 11.3 Å². The Bertz CT molecular complexity index is 543. The van der Waals surface area contributed by atoms with Crippen LogP contribution in [-0.2, 0) is 14.3 Å². The summed E-state index contributed by atoms with van der Waals surface area (Å²) in [7, 11) is 1.32. The number of carbonyl (C=O) groups excluding carboxylic acids is 2. The zero-order valence-corrected chi connectivity index (χ0v) is 13.7. The Balaban J connectivity index is 2.83. The van der Waals surface area contributed by atoms with Gasteiger partial charge in [0.25, 0.3) is 0 Å². The number of ether oxygens (including phenoxy) is 2. The number of nitrogens with zero attached hydrogens (tertiary/aromatic N) is 1. The summed E-state index contributed by atoms with van der Waals surface area (Å²) in [5.74, 6) is -0.453. The molecule has 0 atom stereocenters. The maximum Gasteiger partial charge on any atom is 0.413 e. The molecule has 21 heavy (non-hydrogen) atoms. The molecule has 1 rings (SSSR count). The minimum absolute atomic E-state index is 0.366. The number of anilines is 1. The summed E-state index contributed by atoms with van der Waals surface area (Å²) in [5, 5.41) is 4.59. The molecule has 116 valence electrons. The number of hydrogen-bond acceptors (Lipinski definition) is 6. The SMILES string of the molecule is CC/C=C(/C(=O)OC)c1csc(NC(=O)OC(C)(C)C)n1. The number of thiazole rings is 1. The summed E-state index contributed by atoms with van der Waals surface area (Å²) in [4.78, 5) is 27.5. The van der Waals surface area contributed by atoms with Crippen LogP contribution in [0.15, 0.2) is 11.5 Å². The van der Waals surface area contributed by atoms with Crippen LogP contribution in [0.1, 0.15) is 39.8 Å². The van der Waals surface area contributed by atoms with Crippen molar-refractivity contribution in [1.82, 2.24) is 4.98 Å². The number of carbonyl (C=O) groups is 2. The molecule has 6 nitrogen and oxygen atoms in total. The van der Waals surface area contributed by atoms with Gasteiger partial charge in [0.05, 0.1) is 18.4 Å². The topological polar surface area (TPSA) is 77.5 Å². The Kier molecular flexibility index (Phi) is 5.90. The molecule has 0 fully saturated rings. The lowest BCUT2D eigenvalue weighted by Gasteiger charge is -2.18. The van der Waals surface area contributed by atoms with Crippen LogP contribution < -0.4 is 5.32 Å². The smallest absolute Gasteiger partial charge is 0.413 e. The van der Waals surface area contributed by atoms with E-state index in [0.29, 0.717) is 22.8 Å². The van der Waals surface area contributed by atoms with Gasteiger partial charge in [-0.2, -0.15) is 0 Å². The fourth-order valence-electron chi connectivity index (χ4n) is 1.45. The van der Waals surface area contributed by atoms with Crippen molar-refractivity contribution < 1.29 is 19.1 Å². The Morgan fingerprint density at radius 2 is 2.10 bits per heavy atom. The van der Waals surface area contributed by atoms with E-state index >= 15 is 0 Å². The first-order valence-electron chi connectivity index (χ1n) is 6.51. The van der Waals surface area contributed by atoms with E-state index in [1.807, 2.05) is 6.92 Å². The molecule has 0 saturated heterocycles. The average molecular weight is 312 g/mol. The van der Waals surface area contributed by atoms with Crippen molar-refractivity contribution in [1.29, 1.82) is 0 Å². The second-order valence-corrected chi connectivity index (χ2v) is 6.04. The first-order chi connectivity index (χ1) is 9.76. The number of hydrogen-bond donors (Lipinski definition) is 1. The standard InChI is InChI=1S/C14H20N2O4S/c1-6-7-9(11(17)19-5)10-8-21-12(15-10)16-13(18)20-14(2,3)4/h7-8H,6H2,1-5H3,(H,15,16,18)/b9-7+. The molecular weight excluding hydrogens is 292 g/mol. The van der Waals surface area contributed by atoms with Gasteiger partial charge in [0.2, 0.25) is 0 Å². The number of allylic oxidation sites excluding steroid dienone is 1. The minimum Gasteiger partial charge on any atom is -0.465 e. The van der Waals surface area contributed by atoms with E-state index in [-0.39, 0.29) is 0 Å². The molecular formula is C14H20N2O4S. The zero-order valence-electron chi connectivity index (χ0n) is 12.9. The summed E-state index contributed by atoms with van der Waals surface area (Å²) in [6, 6.07) is 0. The summed E-state index contributed by atoms with van der Waals surface area (Å²) in [5.41, 5.74) is 0.275. The molecule has 0 bridgehead atoms. The highest BCUT2D eigenvalue weighted by Crippen LogP contribution is 2.23. The number of aromatic nitrogens is 1. The lowest BCUT2D eigenvalue weighted by Crippen LogP contribution is -2.27. The van der Waals surface area contributed by atoms with Crippen LogP contribution in [0.25, 0.3) is 5.57 Å². The predicted molar refractivity (Wildman–Crippen MR) is 82.3 cm³/mol. The van der Waals surface area contributed by atoms with Gasteiger partial charge in [0.15, 0.2) is 5.13 Å². The number of amides is 1. The van der Waals surface area contributed by atoms with Crippen molar-refractivity contribution in [2.45, 2.75) is 39.7 Å². The third-order valence-corrected chi connectivity index (χ3v) is 2.96. The van der Waals surface area contributed by atoms with Gasteiger partial charge in [-0.25, -0.2) is 14.6 Å². The lowest BCUT2D eigenvalue weighted by molar-refractivity contribution is -0.133. The van der Waals surface area contributed by atoms with Crippen LogP contribution in [0, 0.1) is 0 Å². The number of rotatable bonds is 4. The quantitative estimate of drug-likeness (QED) is 0.680. The van der Waals surface area contributed by atoms with Gasteiger partial charge in [0.1, 0.15) is 5.60 Å². The summed E-state index contributed by atoms with van der Waals surface area (Å²) < 4.78 is 9.86. The number of esters is 1. The lowest BCUT2D eigenvalue weighted by atomic mass is 10.2. The third kappa shape index (κ3) is 5.55. The van der Waals surface area contributed by atoms with E-state index in [4.69, 9.17) is 9.47 Å². The minimum atomic E-state index is -0.581. The predicted octanol–water partition coefficient (Wildman–Crippen LogP) is 3.46. The molecule has 0 unspecified atom stereocenters. The van der Waals surface area contributed by atoms with Crippen LogP contribution in [0.4, 0.5) is 9.93 Å². The van der Waals surface area contributed by atoms with Crippen molar-refractivity contribution in [3.8, 4) is 0 Å². The second kappa shape index (κ2) is 7.21. The summed E-state index contributed by atoms with van der Waals surface area (Å²) in [6.07, 6.45) is 1.83. The Morgan fingerprint density at radius 1 is 1.43 bits per heavy atom. The monoisotopic (exact) mass is 312 g/mol. The van der Waals surface area contributed by atoms with E-state index in [2.05, 4.69) is 10.3 Å². The van der Waals surface area contributed by atoms with Crippen molar-refractivity contribution in [3.63, 3.8) is 0 Å². The van der Waals surface area contributed by atoms with Crippen molar-refractivity contribution in [2.75, 3.05) is 12.4 Å². The maximum absolute atomic E-state index is 11.7. The molecule has 7 heteroatoms. The fourth-order valence-corrected chi connectivity index (χ4v) is 2.15. The normalized spacial score (nSPS) is 12.0. The fraction of sp³-hybridized carbons (Fsp3) is 0.500. The molecule has 0 radical (unpaired) electrons. The van der Waals surface area contributed by atoms with Crippen molar-refractivity contribution in [2.24, 2.45) is 0 Å². The third-order valence-electron chi connectivity index (χ3n) is 2.20. The molecule has 1 heterocycles. The van der Waals surface area contributed by atoms with Crippen LogP contribution in [0.2, 0.25) is 0 Å². The molecule has 1 aromatic rings. The van der Waals surface area contributed by atoms with Crippen molar-refractivity contribution >= 4 is 34.1 Å². The highest BCUT2D eigenvalue weighted by molar-refractivity contribution is 7.14. The van der Waals surface area contributed by atoms with E-state index < -0.39 is 17.7 Å². The summed E-state index contributed by atoms with van der Waals surface area (Å²) >= 11 is 1.21. The molecule has 0 aliphatic heterocycles. The van der Waals surface area contributed by atoms with Gasteiger partial charge in [-0.1, -0.05) is 13.0 Å². The van der Waals surface area contributed by atoms with E-state index in [0.717, 1.165) is 0 Å². The second-order valence-electron chi connectivity index (χ2n) is 5.18. The van der Waals surface area contributed by atoms with Gasteiger partial charge >= 0.3 is 12.1 Å². The largest absolute Gasteiger partial charge is 0.465 e. The molecule has 1 aromatic heterocycles. The Hall–Kier alpha value is -1.89.